The molecule has 0 aliphatic heterocycles. The molecule has 7 heteroatoms. The molecule has 3 heterocycles. The van der Waals surface area contributed by atoms with Gasteiger partial charge in [0.25, 0.3) is 0 Å². The summed E-state index contributed by atoms with van der Waals surface area (Å²) >= 11 is 1.56. The molecule has 1 aromatic carbocycles. The first-order chi connectivity index (χ1) is 11.7. The fraction of sp³-hybridized carbons (Fsp3) is 0.176. The maximum Gasteiger partial charge on any atom is 0.239 e. The van der Waals surface area contributed by atoms with Crippen LogP contribution in [0.2, 0.25) is 0 Å². The van der Waals surface area contributed by atoms with Crippen molar-refractivity contribution in [1.29, 1.82) is 0 Å². The van der Waals surface area contributed by atoms with E-state index in [4.69, 9.17) is 8.94 Å². The monoisotopic (exact) mass is 338 g/mol. The largest absolute Gasteiger partial charge is 0.461 e. The van der Waals surface area contributed by atoms with E-state index in [1.807, 2.05) is 43.3 Å². The Bertz CT molecular complexity index is 981. The van der Waals surface area contributed by atoms with Gasteiger partial charge in [-0.05, 0) is 32.0 Å². The summed E-state index contributed by atoms with van der Waals surface area (Å²) in [7, 11) is 0. The minimum Gasteiger partial charge on any atom is -0.461 e. The SMILES string of the molecule is Cc1noc(C(C)Sc2nc(-c3ccco3)nc3ccccc23)n1. The van der Waals surface area contributed by atoms with E-state index in [1.54, 1.807) is 24.9 Å². The van der Waals surface area contributed by atoms with E-state index in [2.05, 4.69) is 20.1 Å². The zero-order valence-electron chi connectivity index (χ0n) is 13.1. The number of nitrogens with zero attached hydrogens (tertiary/aromatic N) is 4. The number of aromatic nitrogens is 4. The Balaban J connectivity index is 1.78. The van der Waals surface area contributed by atoms with Crippen LogP contribution >= 0.6 is 11.8 Å². The van der Waals surface area contributed by atoms with Crippen LogP contribution in [-0.2, 0) is 0 Å². The number of hydrogen-bond acceptors (Lipinski definition) is 7. The first-order valence-corrected chi connectivity index (χ1v) is 8.36. The van der Waals surface area contributed by atoms with Gasteiger partial charge >= 0.3 is 0 Å². The number of fused-ring (bicyclic) bond motifs is 1. The third kappa shape index (κ3) is 2.78. The third-order valence-corrected chi connectivity index (χ3v) is 4.58. The van der Waals surface area contributed by atoms with Crippen molar-refractivity contribution in [2.24, 2.45) is 0 Å². The van der Waals surface area contributed by atoms with E-state index in [-0.39, 0.29) is 5.25 Å². The van der Waals surface area contributed by atoms with Crippen molar-refractivity contribution in [3.63, 3.8) is 0 Å². The van der Waals surface area contributed by atoms with Crippen LogP contribution in [-0.4, -0.2) is 20.1 Å². The summed E-state index contributed by atoms with van der Waals surface area (Å²) in [6.07, 6.45) is 1.62. The Morgan fingerprint density at radius 1 is 1.04 bits per heavy atom. The average molecular weight is 338 g/mol. The third-order valence-electron chi connectivity index (χ3n) is 3.49. The molecule has 4 aromatic rings. The van der Waals surface area contributed by atoms with Gasteiger partial charge in [0.15, 0.2) is 17.4 Å². The van der Waals surface area contributed by atoms with E-state index >= 15 is 0 Å². The molecule has 0 fully saturated rings. The van der Waals surface area contributed by atoms with Crippen LogP contribution in [0.4, 0.5) is 0 Å². The van der Waals surface area contributed by atoms with Crippen LogP contribution in [0.5, 0.6) is 0 Å². The van der Waals surface area contributed by atoms with Crippen LogP contribution in [0.1, 0.15) is 23.9 Å². The molecule has 0 saturated carbocycles. The molecule has 1 unspecified atom stereocenters. The number of rotatable bonds is 4. The van der Waals surface area contributed by atoms with Crippen molar-refractivity contribution in [3.05, 3.63) is 54.4 Å². The van der Waals surface area contributed by atoms with Gasteiger partial charge in [-0.15, -0.1) is 0 Å². The van der Waals surface area contributed by atoms with Gasteiger partial charge < -0.3 is 8.94 Å². The maximum atomic E-state index is 5.44. The summed E-state index contributed by atoms with van der Waals surface area (Å²) in [4.78, 5) is 13.6. The topological polar surface area (TPSA) is 77.8 Å². The number of para-hydroxylation sites is 1. The maximum absolute atomic E-state index is 5.44. The van der Waals surface area contributed by atoms with Gasteiger partial charge in [0.1, 0.15) is 5.03 Å². The standard InChI is InChI=1S/C17H14N4O2S/c1-10(16-18-11(2)21-23-16)24-17-12-6-3-4-7-13(12)19-15(20-17)14-8-5-9-22-14/h3-10H,1-2H3. The van der Waals surface area contributed by atoms with E-state index < -0.39 is 0 Å². The Hall–Kier alpha value is -2.67. The molecule has 1 atom stereocenters. The van der Waals surface area contributed by atoms with Crippen molar-refractivity contribution in [3.8, 4) is 11.6 Å². The van der Waals surface area contributed by atoms with E-state index in [9.17, 15) is 0 Å². The number of hydrogen-bond donors (Lipinski definition) is 0. The highest BCUT2D eigenvalue weighted by Crippen LogP contribution is 2.37. The Kier molecular flexibility index (Phi) is 3.78. The zero-order chi connectivity index (χ0) is 16.5. The molecule has 0 radical (unpaired) electrons. The Labute approximate surface area is 142 Å². The fourth-order valence-corrected chi connectivity index (χ4v) is 3.32. The summed E-state index contributed by atoms with van der Waals surface area (Å²) in [5.74, 6) is 2.42. The van der Waals surface area contributed by atoms with Crippen molar-refractivity contribution in [2.45, 2.75) is 24.1 Å². The first kappa shape index (κ1) is 14.9. The second-order valence-electron chi connectivity index (χ2n) is 5.29. The van der Waals surface area contributed by atoms with Crippen molar-refractivity contribution >= 4 is 22.7 Å². The summed E-state index contributed by atoms with van der Waals surface area (Å²) in [6.45, 7) is 3.82. The molecule has 0 amide bonds. The zero-order valence-corrected chi connectivity index (χ0v) is 13.9. The molecule has 0 aliphatic rings. The molecule has 6 nitrogen and oxygen atoms in total. The van der Waals surface area contributed by atoms with Crippen LogP contribution < -0.4 is 0 Å². The van der Waals surface area contributed by atoms with E-state index in [0.29, 0.717) is 23.3 Å². The number of furan rings is 1. The van der Waals surface area contributed by atoms with Gasteiger partial charge in [0, 0.05) is 5.39 Å². The predicted molar refractivity (Wildman–Crippen MR) is 90.5 cm³/mol. The first-order valence-electron chi connectivity index (χ1n) is 7.48. The summed E-state index contributed by atoms with van der Waals surface area (Å²) < 4.78 is 10.7. The smallest absolute Gasteiger partial charge is 0.239 e. The lowest BCUT2D eigenvalue weighted by Crippen LogP contribution is -1.96. The van der Waals surface area contributed by atoms with Crippen LogP contribution in [0, 0.1) is 6.92 Å². The molecule has 0 aliphatic carbocycles. The molecular formula is C17H14N4O2S. The predicted octanol–water partition coefficient (Wildman–Crippen LogP) is 4.43. The number of thioether (sulfide) groups is 1. The lowest BCUT2D eigenvalue weighted by molar-refractivity contribution is 0.376. The fourth-order valence-electron chi connectivity index (χ4n) is 2.35. The molecule has 0 N–H and O–H groups in total. The summed E-state index contributed by atoms with van der Waals surface area (Å²) in [5.41, 5.74) is 0.871. The van der Waals surface area contributed by atoms with E-state index in [1.165, 1.54) is 0 Å². The van der Waals surface area contributed by atoms with Crippen LogP contribution in [0.25, 0.3) is 22.5 Å². The lowest BCUT2D eigenvalue weighted by atomic mass is 10.2. The molecular weight excluding hydrogens is 324 g/mol. The van der Waals surface area contributed by atoms with Gasteiger partial charge in [0.2, 0.25) is 5.89 Å². The van der Waals surface area contributed by atoms with Gasteiger partial charge in [-0.25, -0.2) is 9.97 Å². The van der Waals surface area contributed by atoms with E-state index in [0.717, 1.165) is 15.9 Å². The quantitative estimate of drug-likeness (QED) is 0.402. The second kappa shape index (κ2) is 6.09. The molecule has 0 bridgehead atoms. The Morgan fingerprint density at radius 3 is 2.67 bits per heavy atom. The second-order valence-corrected chi connectivity index (χ2v) is 6.62. The van der Waals surface area contributed by atoms with Crippen molar-refractivity contribution in [1.82, 2.24) is 20.1 Å². The van der Waals surface area contributed by atoms with Gasteiger partial charge in [-0.1, -0.05) is 35.1 Å². The van der Waals surface area contributed by atoms with Crippen LogP contribution in [0.15, 0.2) is 56.6 Å². The molecule has 3 aromatic heterocycles. The highest BCUT2D eigenvalue weighted by Gasteiger charge is 2.18. The molecule has 0 saturated heterocycles. The minimum atomic E-state index is -0.0195. The van der Waals surface area contributed by atoms with Gasteiger partial charge in [-0.2, -0.15) is 4.98 Å². The minimum absolute atomic E-state index is 0.0195. The normalized spacial score (nSPS) is 12.6. The summed E-state index contributed by atoms with van der Waals surface area (Å²) in [5, 5.41) is 5.68. The van der Waals surface area contributed by atoms with Gasteiger partial charge in [0.05, 0.1) is 17.0 Å². The molecule has 24 heavy (non-hydrogen) atoms. The summed E-state index contributed by atoms with van der Waals surface area (Å²) in [6, 6.07) is 11.6. The highest BCUT2D eigenvalue weighted by atomic mass is 32.2. The van der Waals surface area contributed by atoms with Crippen molar-refractivity contribution in [2.75, 3.05) is 0 Å². The number of benzene rings is 1. The molecule has 0 spiro atoms. The number of aryl methyl sites for hydroxylation is 1. The van der Waals surface area contributed by atoms with Crippen LogP contribution in [0.3, 0.4) is 0 Å². The molecule has 4 rings (SSSR count). The van der Waals surface area contributed by atoms with Gasteiger partial charge in [-0.3, -0.25) is 0 Å². The average Bonchev–Trinajstić information content (AvgIpc) is 3.26. The Morgan fingerprint density at radius 2 is 1.92 bits per heavy atom. The lowest BCUT2D eigenvalue weighted by Gasteiger charge is -2.10. The van der Waals surface area contributed by atoms with Crippen molar-refractivity contribution < 1.29 is 8.94 Å². The molecule has 120 valence electrons. The highest BCUT2D eigenvalue weighted by molar-refractivity contribution is 7.99.